The molecule has 1 amide bonds. The van der Waals surface area contributed by atoms with Crippen molar-refractivity contribution in [3.63, 3.8) is 0 Å². The number of ether oxygens (including phenoxy) is 1. The summed E-state index contributed by atoms with van der Waals surface area (Å²) in [6.45, 7) is 2.01. The van der Waals surface area contributed by atoms with Gasteiger partial charge >= 0.3 is 0 Å². The Morgan fingerprint density at radius 2 is 1.89 bits per heavy atom. The number of amides is 1. The van der Waals surface area contributed by atoms with Gasteiger partial charge in [0, 0.05) is 23.2 Å². The number of piperidine rings is 1. The molecule has 0 spiro atoms. The van der Waals surface area contributed by atoms with Gasteiger partial charge < -0.3 is 15.4 Å². The molecule has 0 bridgehead atoms. The van der Waals surface area contributed by atoms with Gasteiger partial charge in [-0.2, -0.15) is 5.10 Å². The van der Waals surface area contributed by atoms with Gasteiger partial charge in [-0.3, -0.25) is 9.89 Å². The standard InChI is InChI=1S/C21H24N4O2/c26-21(10-9-20-18-3-1-2-4-19(18)24-25-20)23-15-5-7-16(8-6-15)27-17-11-13-22-14-12-17/h1-8,17,22H,9-14H2,(H,23,26)(H,24,25). The molecule has 2 heterocycles. The number of hydrogen-bond donors (Lipinski definition) is 3. The van der Waals surface area contributed by atoms with E-state index < -0.39 is 0 Å². The number of aryl methyl sites for hydroxylation is 1. The van der Waals surface area contributed by atoms with Crippen molar-refractivity contribution in [2.24, 2.45) is 0 Å². The van der Waals surface area contributed by atoms with E-state index in [1.54, 1.807) is 0 Å². The monoisotopic (exact) mass is 364 g/mol. The average molecular weight is 364 g/mol. The highest BCUT2D eigenvalue weighted by Gasteiger charge is 2.14. The van der Waals surface area contributed by atoms with Crippen LogP contribution in [0.3, 0.4) is 0 Å². The zero-order valence-corrected chi connectivity index (χ0v) is 15.2. The van der Waals surface area contributed by atoms with E-state index in [1.807, 2.05) is 48.5 Å². The van der Waals surface area contributed by atoms with E-state index in [4.69, 9.17) is 4.74 Å². The second kappa shape index (κ2) is 8.22. The molecule has 2 aromatic carbocycles. The first kappa shape index (κ1) is 17.5. The molecule has 1 aromatic heterocycles. The lowest BCUT2D eigenvalue weighted by Crippen LogP contribution is -2.34. The van der Waals surface area contributed by atoms with E-state index >= 15 is 0 Å². The van der Waals surface area contributed by atoms with Crippen LogP contribution in [0.5, 0.6) is 5.75 Å². The summed E-state index contributed by atoms with van der Waals surface area (Å²) in [5.41, 5.74) is 2.70. The molecule has 0 atom stereocenters. The van der Waals surface area contributed by atoms with Crippen molar-refractivity contribution < 1.29 is 9.53 Å². The van der Waals surface area contributed by atoms with Crippen molar-refractivity contribution in [1.82, 2.24) is 15.5 Å². The van der Waals surface area contributed by atoms with Crippen LogP contribution in [-0.4, -0.2) is 35.3 Å². The summed E-state index contributed by atoms with van der Waals surface area (Å²) >= 11 is 0. The van der Waals surface area contributed by atoms with Crippen LogP contribution in [0.2, 0.25) is 0 Å². The molecular weight excluding hydrogens is 340 g/mol. The molecule has 3 N–H and O–H groups in total. The Bertz CT molecular complexity index is 898. The Morgan fingerprint density at radius 1 is 1.11 bits per heavy atom. The normalized spacial score (nSPS) is 15.0. The molecular formula is C21H24N4O2. The van der Waals surface area contributed by atoms with E-state index in [-0.39, 0.29) is 12.0 Å². The fraction of sp³-hybridized carbons (Fsp3) is 0.333. The van der Waals surface area contributed by atoms with E-state index in [2.05, 4.69) is 20.8 Å². The molecule has 1 aliphatic heterocycles. The van der Waals surface area contributed by atoms with E-state index in [9.17, 15) is 4.79 Å². The third-order valence-corrected chi connectivity index (χ3v) is 4.87. The summed E-state index contributed by atoms with van der Waals surface area (Å²) in [5, 5.41) is 14.6. The predicted octanol–water partition coefficient (Wildman–Crippen LogP) is 3.27. The van der Waals surface area contributed by atoms with Crippen LogP contribution in [0, 0.1) is 0 Å². The second-order valence-corrected chi connectivity index (χ2v) is 6.86. The number of rotatable bonds is 6. The van der Waals surface area contributed by atoms with Gasteiger partial charge in [-0.05, 0) is 62.7 Å². The Morgan fingerprint density at radius 3 is 2.70 bits per heavy atom. The van der Waals surface area contributed by atoms with Gasteiger partial charge in [-0.1, -0.05) is 18.2 Å². The molecule has 0 unspecified atom stereocenters. The first-order valence-electron chi connectivity index (χ1n) is 9.47. The summed E-state index contributed by atoms with van der Waals surface area (Å²) in [6, 6.07) is 15.5. The lowest BCUT2D eigenvalue weighted by atomic mass is 10.1. The minimum atomic E-state index is -0.0132. The molecule has 0 aliphatic carbocycles. The SMILES string of the molecule is O=C(CCc1[nH]nc2ccccc12)Nc1ccc(OC2CCNCC2)cc1. The Kier molecular flexibility index (Phi) is 5.34. The quantitative estimate of drug-likeness (QED) is 0.627. The summed E-state index contributed by atoms with van der Waals surface area (Å²) in [6.07, 6.45) is 3.36. The molecule has 140 valence electrons. The highest BCUT2D eigenvalue weighted by atomic mass is 16.5. The molecule has 27 heavy (non-hydrogen) atoms. The maximum atomic E-state index is 12.3. The van der Waals surface area contributed by atoms with E-state index in [0.29, 0.717) is 12.8 Å². The molecule has 6 nitrogen and oxygen atoms in total. The van der Waals surface area contributed by atoms with E-state index in [1.165, 1.54) is 0 Å². The van der Waals surface area contributed by atoms with Crippen LogP contribution in [0.25, 0.3) is 10.9 Å². The minimum Gasteiger partial charge on any atom is -0.490 e. The number of anilines is 1. The highest BCUT2D eigenvalue weighted by Crippen LogP contribution is 2.20. The lowest BCUT2D eigenvalue weighted by Gasteiger charge is -2.23. The molecule has 6 heteroatoms. The van der Waals surface area contributed by atoms with Crippen molar-refractivity contribution in [2.45, 2.75) is 31.8 Å². The Labute approximate surface area is 158 Å². The summed E-state index contributed by atoms with van der Waals surface area (Å²) in [4.78, 5) is 12.3. The first-order valence-corrected chi connectivity index (χ1v) is 9.47. The average Bonchev–Trinajstić information content (AvgIpc) is 3.12. The van der Waals surface area contributed by atoms with Gasteiger partial charge in [0.05, 0.1) is 5.52 Å². The number of fused-ring (bicyclic) bond motifs is 1. The van der Waals surface area contributed by atoms with Gasteiger partial charge in [-0.15, -0.1) is 0 Å². The fourth-order valence-electron chi connectivity index (χ4n) is 3.39. The number of hydrogen-bond acceptors (Lipinski definition) is 4. The molecule has 0 radical (unpaired) electrons. The number of carbonyl (C=O) groups is 1. The number of nitrogens with zero attached hydrogens (tertiary/aromatic N) is 1. The molecule has 0 saturated carbocycles. The highest BCUT2D eigenvalue weighted by molar-refractivity contribution is 5.91. The van der Waals surface area contributed by atoms with Gasteiger partial charge in [0.2, 0.25) is 5.91 Å². The Hall–Kier alpha value is -2.86. The maximum Gasteiger partial charge on any atom is 0.224 e. The zero-order chi connectivity index (χ0) is 18.5. The zero-order valence-electron chi connectivity index (χ0n) is 15.2. The molecule has 3 aromatic rings. The molecule has 1 fully saturated rings. The number of para-hydroxylation sites is 1. The van der Waals surface area contributed by atoms with Crippen LogP contribution in [0.15, 0.2) is 48.5 Å². The summed E-state index contributed by atoms with van der Waals surface area (Å²) in [7, 11) is 0. The van der Waals surface area contributed by atoms with Crippen molar-refractivity contribution in [1.29, 1.82) is 0 Å². The largest absolute Gasteiger partial charge is 0.490 e. The smallest absolute Gasteiger partial charge is 0.224 e. The van der Waals surface area contributed by atoms with Gasteiger partial charge in [0.15, 0.2) is 0 Å². The minimum absolute atomic E-state index is 0.0132. The Balaban J connectivity index is 1.29. The number of benzene rings is 2. The van der Waals surface area contributed by atoms with Crippen LogP contribution < -0.4 is 15.4 Å². The number of aromatic nitrogens is 2. The fourth-order valence-corrected chi connectivity index (χ4v) is 3.39. The van der Waals surface area contributed by atoms with Crippen LogP contribution in [0.1, 0.15) is 25.0 Å². The van der Waals surface area contributed by atoms with Crippen molar-refractivity contribution in [2.75, 3.05) is 18.4 Å². The van der Waals surface area contributed by atoms with Crippen molar-refractivity contribution >= 4 is 22.5 Å². The molecule has 1 saturated heterocycles. The lowest BCUT2D eigenvalue weighted by molar-refractivity contribution is -0.116. The number of H-pyrrole nitrogens is 1. The first-order chi connectivity index (χ1) is 13.3. The second-order valence-electron chi connectivity index (χ2n) is 6.86. The van der Waals surface area contributed by atoms with Gasteiger partial charge in [0.25, 0.3) is 0 Å². The third kappa shape index (κ3) is 4.46. The topological polar surface area (TPSA) is 79.0 Å². The van der Waals surface area contributed by atoms with Crippen LogP contribution in [-0.2, 0) is 11.2 Å². The maximum absolute atomic E-state index is 12.3. The van der Waals surface area contributed by atoms with E-state index in [0.717, 1.165) is 54.0 Å². The molecule has 1 aliphatic rings. The number of aromatic amines is 1. The van der Waals surface area contributed by atoms with Gasteiger partial charge in [-0.25, -0.2) is 0 Å². The van der Waals surface area contributed by atoms with Gasteiger partial charge in [0.1, 0.15) is 11.9 Å². The van der Waals surface area contributed by atoms with Crippen LogP contribution >= 0.6 is 0 Å². The number of carbonyl (C=O) groups excluding carboxylic acids is 1. The third-order valence-electron chi connectivity index (χ3n) is 4.87. The summed E-state index contributed by atoms with van der Waals surface area (Å²) in [5.74, 6) is 0.838. The van der Waals surface area contributed by atoms with Crippen molar-refractivity contribution in [3.05, 3.63) is 54.2 Å². The number of nitrogens with one attached hydrogen (secondary N) is 3. The van der Waals surface area contributed by atoms with Crippen LogP contribution in [0.4, 0.5) is 5.69 Å². The summed E-state index contributed by atoms with van der Waals surface area (Å²) < 4.78 is 5.99. The van der Waals surface area contributed by atoms with Crippen molar-refractivity contribution in [3.8, 4) is 5.75 Å². The predicted molar refractivity (Wildman–Crippen MR) is 106 cm³/mol. The molecule has 4 rings (SSSR count).